The zero-order valence-corrected chi connectivity index (χ0v) is 14.4. The van der Waals surface area contributed by atoms with E-state index in [1.54, 1.807) is 25.3 Å². The number of aryl methyl sites for hydroxylation is 1. The average Bonchev–Trinajstić information content (AvgIpc) is 2.57. The molecular formula is C17H22N4O3. The smallest absolute Gasteiger partial charge is 0.258 e. The highest BCUT2D eigenvalue weighted by atomic mass is 16.5. The number of methoxy groups -OCH3 is 1. The first-order valence-electron chi connectivity index (χ1n) is 7.53. The maximum Gasteiger partial charge on any atom is 0.258 e. The lowest BCUT2D eigenvalue weighted by atomic mass is 10.3. The van der Waals surface area contributed by atoms with Crippen LogP contribution in [-0.4, -0.2) is 43.7 Å². The van der Waals surface area contributed by atoms with Crippen molar-refractivity contribution in [2.24, 2.45) is 0 Å². The third-order valence-corrected chi connectivity index (χ3v) is 3.20. The minimum absolute atomic E-state index is 0.0838. The summed E-state index contributed by atoms with van der Waals surface area (Å²) in [6, 6.07) is 8.99. The third kappa shape index (κ3) is 5.12. The number of amides is 1. The Balaban J connectivity index is 1.87. The fourth-order valence-electron chi connectivity index (χ4n) is 1.99. The first-order valence-corrected chi connectivity index (χ1v) is 7.53. The first-order chi connectivity index (χ1) is 11.5. The molecule has 0 spiro atoms. The van der Waals surface area contributed by atoms with E-state index in [0.29, 0.717) is 17.3 Å². The summed E-state index contributed by atoms with van der Waals surface area (Å²) >= 11 is 0. The van der Waals surface area contributed by atoms with Crippen molar-refractivity contribution in [3.05, 3.63) is 41.9 Å². The van der Waals surface area contributed by atoms with Crippen molar-refractivity contribution in [1.82, 2.24) is 15.3 Å². The number of ether oxygens (including phenoxy) is 2. The van der Waals surface area contributed by atoms with E-state index in [9.17, 15) is 4.79 Å². The molecule has 0 aliphatic rings. The second-order valence-electron chi connectivity index (χ2n) is 5.42. The topological polar surface area (TPSA) is 76.6 Å². The fraction of sp³-hybridized carbons (Fsp3) is 0.353. The van der Waals surface area contributed by atoms with Gasteiger partial charge in [0.25, 0.3) is 5.91 Å². The maximum atomic E-state index is 11.9. The number of anilines is 1. The highest BCUT2D eigenvalue weighted by Crippen LogP contribution is 2.18. The van der Waals surface area contributed by atoms with Gasteiger partial charge in [0, 0.05) is 31.9 Å². The van der Waals surface area contributed by atoms with E-state index in [0.717, 1.165) is 11.5 Å². The molecular weight excluding hydrogens is 308 g/mol. The van der Waals surface area contributed by atoms with E-state index >= 15 is 0 Å². The molecule has 0 unspecified atom stereocenters. The minimum Gasteiger partial charge on any atom is -0.497 e. The quantitative estimate of drug-likeness (QED) is 0.830. The largest absolute Gasteiger partial charge is 0.497 e. The summed E-state index contributed by atoms with van der Waals surface area (Å²) in [5.74, 6) is 2.38. The molecule has 2 aromatic rings. The van der Waals surface area contributed by atoms with Crippen LogP contribution >= 0.6 is 0 Å². The number of rotatable bonds is 7. The van der Waals surface area contributed by atoms with Gasteiger partial charge in [-0.25, -0.2) is 9.97 Å². The summed E-state index contributed by atoms with van der Waals surface area (Å²) in [6.45, 7) is 2.06. The molecule has 128 valence electrons. The maximum absolute atomic E-state index is 11.9. The number of nitrogens with zero attached hydrogens (tertiary/aromatic N) is 3. The van der Waals surface area contributed by atoms with Crippen LogP contribution in [0.1, 0.15) is 11.5 Å². The highest BCUT2D eigenvalue weighted by Gasteiger charge is 2.07. The Kier molecular flexibility index (Phi) is 5.95. The second kappa shape index (κ2) is 8.14. The van der Waals surface area contributed by atoms with Crippen molar-refractivity contribution in [1.29, 1.82) is 0 Å². The van der Waals surface area contributed by atoms with Crippen LogP contribution in [0.15, 0.2) is 30.3 Å². The molecule has 7 heteroatoms. The van der Waals surface area contributed by atoms with Gasteiger partial charge in [0.1, 0.15) is 23.1 Å². The molecule has 1 aromatic heterocycles. The predicted molar refractivity (Wildman–Crippen MR) is 91.4 cm³/mol. The molecule has 0 fully saturated rings. The number of nitrogens with one attached hydrogen (secondary N) is 1. The lowest BCUT2D eigenvalue weighted by Crippen LogP contribution is -2.29. The molecule has 0 bridgehead atoms. The van der Waals surface area contributed by atoms with Gasteiger partial charge in [-0.1, -0.05) is 6.07 Å². The van der Waals surface area contributed by atoms with Gasteiger partial charge in [0.05, 0.1) is 13.7 Å². The zero-order chi connectivity index (χ0) is 17.5. The van der Waals surface area contributed by atoms with E-state index in [4.69, 9.17) is 9.47 Å². The van der Waals surface area contributed by atoms with Gasteiger partial charge < -0.3 is 19.7 Å². The van der Waals surface area contributed by atoms with Gasteiger partial charge in [0.2, 0.25) is 0 Å². The van der Waals surface area contributed by atoms with Crippen LogP contribution in [0.4, 0.5) is 5.82 Å². The molecule has 24 heavy (non-hydrogen) atoms. The van der Waals surface area contributed by atoms with Crippen molar-refractivity contribution >= 4 is 11.7 Å². The zero-order valence-electron chi connectivity index (χ0n) is 14.4. The van der Waals surface area contributed by atoms with Crippen LogP contribution in [-0.2, 0) is 11.3 Å². The van der Waals surface area contributed by atoms with E-state index in [2.05, 4.69) is 15.3 Å². The SMILES string of the molecule is COc1cccc(OCC(=O)NCc2nc(C)cc(N(C)C)n2)c1. The molecule has 0 saturated carbocycles. The summed E-state index contributed by atoms with van der Waals surface area (Å²) in [4.78, 5) is 22.5. The predicted octanol–water partition coefficient (Wildman–Crippen LogP) is 1.55. The van der Waals surface area contributed by atoms with Crippen LogP contribution in [0, 0.1) is 6.92 Å². The molecule has 0 atom stereocenters. The Bertz CT molecular complexity index is 704. The Labute approximate surface area is 141 Å². The molecule has 1 N–H and O–H groups in total. The highest BCUT2D eigenvalue weighted by molar-refractivity contribution is 5.77. The van der Waals surface area contributed by atoms with Crippen LogP contribution in [0.25, 0.3) is 0 Å². The molecule has 0 aliphatic carbocycles. The molecule has 0 saturated heterocycles. The van der Waals surface area contributed by atoms with Crippen molar-refractivity contribution in [2.75, 3.05) is 32.7 Å². The summed E-state index contributed by atoms with van der Waals surface area (Å²) in [5.41, 5.74) is 0.852. The van der Waals surface area contributed by atoms with Gasteiger partial charge >= 0.3 is 0 Å². The van der Waals surface area contributed by atoms with E-state index in [1.165, 1.54) is 0 Å². The van der Waals surface area contributed by atoms with Gasteiger partial charge in [-0.15, -0.1) is 0 Å². The summed E-state index contributed by atoms with van der Waals surface area (Å²) < 4.78 is 10.6. The van der Waals surface area contributed by atoms with Gasteiger partial charge in [0.15, 0.2) is 6.61 Å². The van der Waals surface area contributed by atoms with Crippen molar-refractivity contribution in [3.8, 4) is 11.5 Å². The third-order valence-electron chi connectivity index (χ3n) is 3.20. The summed E-state index contributed by atoms with van der Waals surface area (Å²) in [7, 11) is 5.40. The van der Waals surface area contributed by atoms with Gasteiger partial charge in [-0.2, -0.15) is 0 Å². The van der Waals surface area contributed by atoms with Crippen molar-refractivity contribution < 1.29 is 14.3 Å². The Morgan fingerprint density at radius 3 is 2.67 bits per heavy atom. The standard InChI is InChI=1S/C17H22N4O3/c1-12-8-16(21(2)3)20-15(19-12)10-18-17(22)11-24-14-7-5-6-13(9-14)23-4/h5-9H,10-11H2,1-4H3,(H,18,22). The molecule has 0 radical (unpaired) electrons. The second-order valence-corrected chi connectivity index (χ2v) is 5.42. The minimum atomic E-state index is -0.241. The number of carbonyl (C=O) groups is 1. The average molecular weight is 330 g/mol. The van der Waals surface area contributed by atoms with Crippen molar-refractivity contribution in [3.63, 3.8) is 0 Å². The van der Waals surface area contributed by atoms with Crippen molar-refractivity contribution in [2.45, 2.75) is 13.5 Å². The number of benzene rings is 1. The lowest BCUT2D eigenvalue weighted by Gasteiger charge is -2.13. The van der Waals surface area contributed by atoms with Crippen LogP contribution < -0.4 is 19.7 Å². The first kappa shape index (κ1) is 17.5. The molecule has 0 aliphatic heterocycles. The monoisotopic (exact) mass is 330 g/mol. The van der Waals surface area contributed by atoms with E-state index in [1.807, 2.05) is 38.1 Å². The van der Waals surface area contributed by atoms with Crippen LogP contribution in [0.5, 0.6) is 11.5 Å². The van der Waals surface area contributed by atoms with Gasteiger partial charge in [-0.3, -0.25) is 4.79 Å². The van der Waals surface area contributed by atoms with E-state index in [-0.39, 0.29) is 19.1 Å². The summed E-state index contributed by atoms with van der Waals surface area (Å²) in [6.07, 6.45) is 0. The van der Waals surface area contributed by atoms with Crippen LogP contribution in [0.2, 0.25) is 0 Å². The number of hydrogen-bond acceptors (Lipinski definition) is 6. The molecule has 1 heterocycles. The normalized spacial score (nSPS) is 10.2. The molecule has 2 rings (SSSR count). The Hall–Kier alpha value is -2.83. The van der Waals surface area contributed by atoms with Gasteiger partial charge in [-0.05, 0) is 19.1 Å². The lowest BCUT2D eigenvalue weighted by molar-refractivity contribution is -0.123. The Morgan fingerprint density at radius 2 is 1.96 bits per heavy atom. The Morgan fingerprint density at radius 1 is 1.21 bits per heavy atom. The molecule has 7 nitrogen and oxygen atoms in total. The molecule has 1 amide bonds. The fourth-order valence-corrected chi connectivity index (χ4v) is 1.99. The summed E-state index contributed by atoms with van der Waals surface area (Å²) in [5, 5.41) is 2.75. The number of hydrogen-bond donors (Lipinski definition) is 1. The number of carbonyl (C=O) groups excluding carboxylic acids is 1. The number of aromatic nitrogens is 2. The van der Waals surface area contributed by atoms with Crippen LogP contribution in [0.3, 0.4) is 0 Å². The molecule has 1 aromatic carbocycles. The van der Waals surface area contributed by atoms with E-state index < -0.39 is 0 Å².